The van der Waals surface area contributed by atoms with Crippen LogP contribution in [-0.4, -0.2) is 23.2 Å². The van der Waals surface area contributed by atoms with Gasteiger partial charge in [-0.05, 0) is 31.0 Å². The second kappa shape index (κ2) is 10.7. The topological polar surface area (TPSA) is 44.2 Å². The maximum Gasteiger partial charge on any atom is 0.135 e. The molecule has 0 unspecified atom stereocenters. The van der Waals surface area contributed by atoms with E-state index in [0.717, 1.165) is 31.7 Å². The maximum atomic E-state index is 14.6. The van der Waals surface area contributed by atoms with Gasteiger partial charge in [0.15, 0.2) is 0 Å². The van der Waals surface area contributed by atoms with Crippen molar-refractivity contribution in [1.29, 1.82) is 0 Å². The third kappa shape index (κ3) is 5.53. The van der Waals surface area contributed by atoms with Crippen LogP contribution in [0.5, 0.6) is 11.5 Å². The van der Waals surface area contributed by atoms with E-state index in [0.29, 0.717) is 36.1 Å². The minimum Gasteiger partial charge on any atom is -0.493 e. The van der Waals surface area contributed by atoms with E-state index in [9.17, 15) is 8.78 Å². The van der Waals surface area contributed by atoms with Crippen LogP contribution in [-0.2, 0) is 0 Å². The summed E-state index contributed by atoms with van der Waals surface area (Å²) in [7, 11) is 0. The zero-order chi connectivity index (χ0) is 21.3. The molecule has 4 nitrogen and oxygen atoms in total. The van der Waals surface area contributed by atoms with Crippen LogP contribution in [0.2, 0.25) is 0 Å². The molecule has 30 heavy (non-hydrogen) atoms. The van der Waals surface area contributed by atoms with Crippen LogP contribution in [0.4, 0.5) is 8.78 Å². The Hall–Kier alpha value is -3.02. The zero-order valence-corrected chi connectivity index (χ0v) is 17.3. The molecule has 3 aromatic rings. The lowest BCUT2D eigenvalue weighted by Crippen LogP contribution is -1.99. The summed E-state index contributed by atoms with van der Waals surface area (Å²) in [4.78, 5) is 8.49. The third-order valence-corrected chi connectivity index (χ3v) is 4.60. The van der Waals surface area contributed by atoms with Crippen molar-refractivity contribution in [2.45, 2.75) is 39.5 Å². The Balaban J connectivity index is 1.92. The molecule has 0 aliphatic carbocycles. The van der Waals surface area contributed by atoms with Crippen molar-refractivity contribution < 1.29 is 18.3 Å². The molecule has 0 bridgehead atoms. The highest BCUT2D eigenvalue weighted by Crippen LogP contribution is 2.32. The van der Waals surface area contributed by atoms with E-state index in [1.165, 1.54) is 6.07 Å². The van der Waals surface area contributed by atoms with Gasteiger partial charge in [-0.15, -0.1) is 0 Å². The van der Waals surface area contributed by atoms with Crippen molar-refractivity contribution in [2.24, 2.45) is 0 Å². The van der Waals surface area contributed by atoms with Crippen molar-refractivity contribution >= 4 is 0 Å². The lowest BCUT2D eigenvalue weighted by molar-refractivity contribution is 0.309. The molecule has 0 N–H and O–H groups in total. The van der Waals surface area contributed by atoms with Crippen LogP contribution in [0, 0.1) is 11.6 Å². The van der Waals surface area contributed by atoms with E-state index in [1.54, 1.807) is 36.7 Å². The first-order valence-corrected chi connectivity index (χ1v) is 10.3. The minimum atomic E-state index is -0.690. The summed E-state index contributed by atoms with van der Waals surface area (Å²) in [6.07, 6.45) is 6.99. The van der Waals surface area contributed by atoms with Gasteiger partial charge in [0.25, 0.3) is 0 Å². The smallest absolute Gasteiger partial charge is 0.135 e. The monoisotopic (exact) mass is 412 g/mol. The lowest BCUT2D eigenvalue weighted by atomic mass is 10.0. The number of halogens is 2. The Bertz CT molecular complexity index is 904. The average Bonchev–Trinajstić information content (AvgIpc) is 2.75. The van der Waals surface area contributed by atoms with Crippen LogP contribution in [0.25, 0.3) is 22.5 Å². The van der Waals surface area contributed by atoms with Crippen molar-refractivity contribution in [1.82, 2.24) is 9.97 Å². The molecule has 0 spiro atoms. The average molecular weight is 412 g/mol. The van der Waals surface area contributed by atoms with Crippen LogP contribution in [0.3, 0.4) is 0 Å². The predicted octanol–water partition coefficient (Wildman–Crippen LogP) is 6.45. The Morgan fingerprint density at radius 3 is 1.60 bits per heavy atom. The molecule has 2 aromatic heterocycles. The predicted molar refractivity (Wildman–Crippen MR) is 114 cm³/mol. The van der Waals surface area contributed by atoms with Gasteiger partial charge >= 0.3 is 0 Å². The van der Waals surface area contributed by atoms with E-state index in [-0.39, 0.29) is 11.1 Å². The van der Waals surface area contributed by atoms with Gasteiger partial charge in [0.2, 0.25) is 0 Å². The summed E-state index contributed by atoms with van der Waals surface area (Å²) in [5.74, 6) is -0.180. The lowest BCUT2D eigenvalue weighted by Gasteiger charge is -2.11. The van der Waals surface area contributed by atoms with E-state index in [4.69, 9.17) is 9.47 Å². The van der Waals surface area contributed by atoms with Gasteiger partial charge in [-0.1, -0.05) is 26.7 Å². The Morgan fingerprint density at radius 1 is 0.700 bits per heavy atom. The molecule has 0 saturated carbocycles. The van der Waals surface area contributed by atoms with Gasteiger partial charge in [0.05, 0.1) is 24.6 Å². The molecule has 2 heterocycles. The number of ether oxygens (including phenoxy) is 2. The van der Waals surface area contributed by atoms with Crippen LogP contribution < -0.4 is 9.47 Å². The number of hydrogen-bond acceptors (Lipinski definition) is 4. The second-order valence-electron chi connectivity index (χ2n) is 6.97. The van der Waals surface area contributed by atoms with E-state index in [2.05, 4.69) is 23.8 Å². The highest BCUT2D eigenvalue weighted by molar-refractivity contribution is 5.71. The van der Waals surface area contributed by atoms with Crippen molar-refractivity contribution in [2.75, 3.05) is 13.2 Å². The molecule has 6 heteroatoms. The summed E-state index contributed by atoms with van der Waals surface area (Å²) in [6, 6.07) is 9.06. The summed E-state index contributed by atoms with van der Waals surface area (Å²) in [5, 5.41) is 0. The molecule has 3 rings (SSSR count). The molecule has 158 valence electrons. The largest absolute Gasteiger partial charge is 0.493 e. The van der Waals surface area contributed by atoms with E-state index >= 15 is 0 Å². The summed E-state index contributed by atoms with van der Waals surface area (Å²) < 4.78 is 40.5. The highest BCUT2D eigenvalue weighted by Gasteiger charge is 2.16. The number of benzene rings is 1. The van der Waals surface area contributed by atoms with Gasteiger partial charge in [-0.2, -0.15) is 0 Å². The van der Waals surface area contributed by atoms with Gasteiger partial charge < -0.3 is 9.47 Å². The van der Waals surface area contributed by atoms with Gasteiger partial charge in [0.1, 0.15) is 23.1 Å². The number of pyridine rings is 2. The van der Waals surface area contributed by atoms with Crippen LogP contribution >= 0.6 is 0 Å². The fourth-order valence-corrected chi connectivity index (χ4v) is 2.91. The number of hydrogen-bond donors (Lipinski definition) is 0. The Morgan fingerprint density at radius 2 is 1.17 bits per heavy atom. The van der Waals surface area contributed by atoms with Crippen molar-refractivity contribution in [3.63, 3.8) is 0 Å². The molecular weight excluding hydrogens is 386 g/mol. The normalized spacial score (nSPS) is 10.8. The fourth-order valence-electron chi connectivity index (χ4n) is 2.91. The fraction of sp³-hybridized carbons (Fsp3) is 0.333. The standard InChI is InChI=1S/C24H26F2N2O2/c1-3-5-11-29-17-7-9-27-23(13-17)19-15-20(22(26)16-21(19)25)24-14-18(8-10-28-24)30-12-6-4-2/h7-10,13-16H,3-6,11-12H2,1-2H3. The molecule has 1 aromatic carbocycles. The molecule has 0 saturated heterocycles. The van der Waals surface area contributed by atoms with Gasteiger partial charge in [-0.3, -0.25) is 9.97 Å². The Kier molecular flexibility index (Phi) is 7.71. The minimum absolute atomic E-state index is 0.187. The number of rotatable bonds is 10. The summed E-state index contributed by atoms with van der Waals surface area (Å²) >= 11 is 0. The Labute approximate surface area is 175 Å². The maximum absolute atomic E-state index is 14.6. The first-order valence-electron chi connectivity index (χ1n) is 10.3. The molecule has 0 radical (unpaired) electrons. The summed E-state index contributed by atoms with van der Waals surface area (Å²) in [5.41, 5.74) is 1.12. The highest BCUT2D eigenvalue weighted by atomic mass is 19.1. The first-order chi connectivity index (χ1) is 14.6. The van der Waals surface area contributed by atoms with E-state index in [1.807, 2.05) is 0 Å². The molecule has 0 amide bonds. The third-order valence-electron chi connectivity index (χ3n) is 4.60. The van der Waals surface area contributed by atoms with Gasteiger partial charge in [0, 0.05) is 41.7 Å². The number of unbranched alkanes of at least 4 members (excludes halogenated alkanes) is 2. The van der Waals surface area contributed by atoms with Crippen molar-refractivity contribution in [3.8, 4) is 34.0 Å². The van der Waals surface area contributed by atoms with Gasteiger partial charge in [-0.25, -0.2) is 8.78 Å². The van der Waals surface area contributed by atoms with Crippen LogP contribution in [0.1, 0.15) is 39.5 Å². The van der Waals surface area contributed by atoms with Crippen molar-refractivity contribution in [3.05, 3.63) is 60.4 Å². The molecule has 0 aliphatic rings. The SMILES string of the molecule is CCCCOc1ccnc(-c2cc(-c3cc(OCCCC)ccn3)c(F)cc2F)c1. The molecule has 0 fully saturated rings. The number of nitrogens with zero attached hydrogens (tertiary/aromatic N) is 2. The quantitative estimate of drug-likeness (QED) is 0.359. The second-order valence-corrected chi connectivity index (χ2v) is 6.97. The summed E-state index contributed by atoms with van der Waals surface area (Å²) in [6.45, 7) is 5.31. The van der Waals surface area contributed by atoms with Crippen LogP contribution in [0.15, 0.2) is 48.8 Å². The zero-order valence-electron chi connectivity index (χ0n) is 17.3. The molecule has 0 aliphatic heterocycles. The molecular formula is C24H26F2N2O2. The molecule has 0 atom stereocenters. The van der Waals surface area contributed by atoms with E-state index < -0.39 is 11.6 Å². The first kappa shape index (κ1) is 21.7. The number of aromatic nitrogens is 2.